The van der Waals surface area contributed by atoms with Gasteiger partial charge in [-0.2, -0.15) is 0 Å². The van der Waals surface area contributed by atoms with Crippen LogP contribution in [-0.4, -0.2) is 107 Å². The number of likely N-dealkylation sites (tertiary alicyclic amines) is 1. The van der Waals surface area contributed by atoms with E-state index < -0.39 is 20.9 Å². The zero-order valence-electron chi connectivity index (χ0n) is 33.4. The van der Waals surface area contributed by atoms with Crippen LogP contribution in [0.25, 0.3) is 0 Å². The second-order valence-corrected chi connectivity index (χ2v) is 17.6. The summed E-state index contributed by atoms with van der Waals surface area (Å²) in [6.07, 6.45) is 2.70. The van der Waals surface area contributed by atoms with Crippen LogP contribution in [-0.2, 0) is 35.2 Å². The number of urea groups is 1. The Kier molecular flexibility index (Phi) is 14.2. The summed E-state index contributed by atoms with van der Waals surface area (Å²) in [4.78, 5) is 39.5. The molecule has 2 aliphatic heterocycles. The summed E-state index contributed by atoms with van der Waals surface area (Å²) in [5.41, 5.74) is 0.733. The van der Waals surface area contributed by atoms with Crippen LogP contribution in [0.5, 0.6) is 5.75 Å². The lowest BCUT2D eigenvalue weighted by Gasteiger charge is -2.47. The molecular weight excluding hydrogens is 775 g/mol. The van der Waals surface area contributed by atoms with Crippen LogP contribution in [0.4, 0.5) is 4.79 Å². The van der Waals surface area contributed by atoms with Crippen molar-refractivity contribution in [2.45, 2.75) is 69.9 Å². The molecule has 0 bridgehead atoms. The number of amidine groups is 1. The summed E-state index contributed by atoms with van der Waals surface area (Å²) in [5, 5.41) is 0.534. The van der Waals surface area contributed by atoms with Crippen molar-refractivity contribution in [1.29, 1.82) is 0 Å². The molecular formula is C42H54Cl2N4O7S. The van der Waals surface area contributed by atoms with E-state index in [2.05, 4.69) is 0 Å². The third-order valence-electron chi connectivity index (χ3n) is 11.2. The quantitative estimate of drug-likeness (QED) is 0.144. The number of carbonyl (C=O) groups excluding carboxylic acids is 2. The highest BCUT2D eigenvalue weighted by molar-refractivity contribution is 7.90. The highest BCUT2D eigenvalue weighted by Gasteiger charge is 2.60. The minimum absolute atomic E-state index is 0.00250. The van der Waals surface area contributed by atoms with Gasteiger partial charge in [0.15, 0.2) is 9.84 Å². The van der Waals surface area contributed by atoms with Gasteiger partial charge in [-0.1, -0.05) is 65.2 Å². The van der Waals surface area contributed by atoms with Gasteiger partial charge in [0.05, 0.1) is 35.8 Å². The molecule has 0 radical (unpaired) electrons. The van der Waals surface area contributed by atoms with Crippen LogP contribution in [0.15, 0.2) is 70.6 Å². The standard InChI is InChI=1S/C42H54Cl2N4O7S/c1-8-54-24-22-46(23-25-55-9-2)38(49)26-30-18-20-47(21-19-30)40(50)48-39(34-27-37(56(7,51)52)35(44)28-36(34)53-6)45-41(4,31-12-10-29(3)11-13-31)42(48,5)32-14-16-33(43)17-15-32/h10-17,27-28,30H,8-9,18-26H2,1-7H3. The largest absolute Gasteiger partial charge is 0.496 e. The Morgan fingerprint density at radius 3 is 2.02 bits per heavy atom. The molecule has 1 saturated heterocycles. The molecule has 304 valence electrons. The van der Waals surface area contributed by atoms with Gasteiger partial charge in [-0.15, -0.1) is 0 Å². The van der Waals surface area contributed by atoms with Gasteiger partial charge in [0.1, 0.15) is 22.7 Å². The number of aryl methyl sites for hydroxylation is 1. The molecule has 0 saturated carbocycles. The number of aliphatic imine (C=N–C) groups is 1. The zero-order valence-corrected chi connectivity index (χ0v) is 35.8. The van der Waals surface area contributed by atoms with E-state index in [-0.39, 0.29) is 39.4 Å². The van der Waals surface area contributed by atoms with Crippen LogP contribution >= 0.6 is 23.2 Å². The predicted octanol–water partition coefficient (Wildman–Crippen LogP) is 7.73. The maximum Gasteiger partial charge on any atom is 0.326 e. The number of piperidine rings is 1. The second kappa shape index (κ2) is 18.3. The van der Waals surface area contributed by atoms with Crippen molar-refractivity contribution in [1.82, 2.24) is 14.7 Å². The molecule has 5 rings (SSSR count). The van der Waals surface area contributed by atoms with E-state index in [0.29, 0.717) is 82.5 Å². The highest BCUT2D eigenvalue weighted by Crippen LogP contribution is 2.54. The van der Waals surface area contributed by atoms with Gasteiger partial charge >= 0.3 is 6.03 Å². The normalized spacial score (nSPS) is 20.3. The molecule has 2 aliphatic rings. The van der Waals surface area contributed by atoms with Gasteiger partial charge in [0.25, 0.3) is 0 Å². The number of carbonyl (C=O) groups is 2. The third kappa shape index (κ3) is 9.05. The second-order valence-electron chi connectivity index (χ2n) is 14.7. The fourth-order valence-electron chi connectivity index (χ4n) is 7.68. The summed E-state index contributed by atoms with van der Waals surface area (Å²) in [6.45, 7) is 13.7. The average Bonchev–Trinajstić information content (AvgIpc) is 3.41. The maximum atomic E-state index is 15.3. The summed E-state index contributed by atoms with van der Waals surface area (Å²) in [6, 6.07) is 18.0. The van der Waals surface area contributed by atoms with Crippen molar-refractivity contribution in [3.05, 3.63) is 93.0 Å². The van der Waals surface area contributed by atoms with Crippen molar-refractivity contribution < 1.29 is 32.2 Å². The van der Waals surface area contributed by atoms with E-state index >= 15 is 4.79 Å². The molecule has 0 aromatic heterocycles. The van der Waals surface area contributed by atoms with Crippen molar-refractivity contribution >= 4 is 50.8 Å². The first-order valence-electron chi connectivity index (χ1n) is 19.1. The number of sulfone groups is 1. The Bertz CT molecular complexity index is 1990. The third-order valence-corrected chi connectivity index (χ3v) is 13.0. The highest BCUT2D eigenvalue weighted by atomic mass is 35.5. The zero-order chi connectivity index (χ0) is 40.8. The monoisotopic (exact) mass is 828 g/mol. The van der Waals surface area contributed by atoms with Crippen LogP contribution < -0.4 is 4.74 Å². The van der Waals surface area contributed by atoms with Gasteiger partial charge in [-0.3, -0.25) is 14.7 Å². The Labute approximate surface area is 341 Å². The fraction of sp³-hybridized carbons (Fsp3) is 0.500. The Balaban J connectivity index is 1.56. The molecule has 0 N–H and O–H groups in total. The smallest absolute Gasteiger partial charge is 0.326 e. The van der Waals surface area contributed by atoms with E-state index in [0.717, 1.165) is 22.9 Å². The summed E-state index contributed by atoms with van der Waals surface area (Å²) >= 11 is 12.9. The minimum atomic E-state index is -3.79. The first-order chi connectivity index (χ1) is 26.6. The minimum Gasteiger partial charge on any atom is -0.496 e. The van der Waals surface area contributed by atoms with Crippen LogP contribution in [0.1, 0.15) is 69.2 Å². The van der Waals surface area contributed by atoms with Gasteiger partial charge in [0.2, 0.25) is 5.91 Å². The van der Waals surface area contributed by atoms with Crippen LogP contribution in [0.2, 0.25) is 10.0 Å². The lowest BCUT2D eigenvalue weighted by Crippen LogP contribution is -2.59. The topological polar surface area (TPSA) is 118 Å². The van der Waals surface area contributed by atoms with Crippen molar-refractivity contribution in [3.8, 4) is 5.75 Å². The Morgan fingerprint density at radius 1 is 0.911 bits per heavy atom. The average molecular weight is 830 g/mol. The van der Waals surface area contributed by atoms with Gasteiger partial charge in [0, 0.05) is 63.2 Å². The Morgan fingerprint density at radius 2 is 1.48 bits per heavy atom. The molecule has 3 amide bonds. The molecule has 3 aromatic carbocycles. The first kappa shape index (κ1) is 43.4. The van der Waals surface area contributed by atoms with Crippen molar-refractivity contribution in [3.63, 3.8) is 0 Å². The van der Waals surface area contributed by atoms with Gasteiger partial charge in [-0.05, 0) is 82.7 Å². The first-order valence-corrected chi connectivity index (χ1v) is 21.8. The number of benzene rings is 3. The number of rotatable bonds is 15. The van der Waals surface area contributed by atoms with Gasteiger partial charge < -0.3 is 24.0 Å². The number of halogens is 2. The molecule has 0 aliphatic carbocycles. The number of nitrogens with zero attached hydrogens (tertiary/aromatic N) is 4. The number of ether oxygens (including phenoxy) is 3. The van der Waals surface area contributed by atoms with Crippen LogP contribution in [0, 0.1) is 12.8 Å². The lowest BCUT2D eigenvalue weighted by molar-refractivity contribution is -0.134. The molecule has 0 spiro atoms. The van der Waals surface area contributed by atoms with Crippen molar-refractivity contribution in [2.75, 3.05) is 66.0 Å². The van der Waals surface area contributed by atoms with Crippen LogP contribution in [0.3, 0.4) is 0 Å². The van der Waals surface area contributed by atoms with E-state index in [1.165, 1.54) is 19.2 Å². The van der Waals surface area contributed by atoms with E-state index in [4.69, 9.17) is 42.4 Å². The molecule has 11 nitrogen and oxygen atoms in total. The van der Waals surface area contributed by atoms with E-state index in [1.54, 1.807) is 21.9 Å². The molecule has 14 heteroatoms. The van der Waals surface area contributed by atoms with E-state index in [1.807, 2.05) is 75.9 Å². The number of hydrogen-bond donors (Lipinski definition) is 0. The van der Waals surface area contributed by atoms with E-state index in [9.17, 15) is 13.2 Å². The number of amides is 3. The lowest BCUT2D eigenvalue weighted by atomic mass is 9.70. The molecule has 2 heterocycles. The molecule has 2 atom stereocenters. The summed E-state index contributed by atoms with van der Waals surface area (Å²) in [5.74, 6) is 0.629. The fourth-order valence-corrected chi connectivity index (χ4v) is 9.12. The SMILES string of the molecule is CCOCCN(CCOCC)C(=O)CC1CCN(C(=O)N2C(c3cc(S(C)(=O)=O)c(Cl)cc3OC)=NC(C)(c3ccc(C)cc3)C2(C)c2ccc(Cl)cc2)CC1. The van der Waals surface area contributed by atoms with Crippen molar-refractivity contribution in [2.24, 2.45) is 10.9 Å². The predicted molar refractivity (Wildman–Crippen MR) is 221 cm³/mol. The molecule has 3 aromatic rings. The number of hydrogen-bond acceptors (Lipinski definition) is 8. The Hall–Kier alpha value is -3.68. The number of methoxy groups -OCH3 is 1. The molecule has 56 heavy (non-hydrogen) atoms. The molecule has 2 unspecified atom stereocenters. The van der Waals surface area contributed by atoms with Gasteiger partial charge in [-0.25, -0.2) is 13.2 Å². The summed E-state index contributed by atoms with van der Waals surface area (Å²) in [7, 11) is -2.32. The summed E-state index contributed by atoms with van der Waals surface area (Å²) < 4.78 is 42.9. The molecule has 1 fully saturated rings. The maximum absolute atomic E-state index is 15.3.